The maximum Gasteiger partial charge on any atom is 0.271 e. The number of quaternary nitrogens is 1. The standard InChI is InChI=1S/C24H43N5O2/c1-3-5-7-9-11-13-17-27(18-14-12-10-8-6-4-2)19-20-28-24-21-22(29(30)31)15-16-23(24)25-26-28/h15-16,21,25-26H,3-14,17-20H2,1-2H3/p+1. The normalized spacial score (nSPS) is 12.9. The first-order chi connectivity index (χ1) is 15.2. The Morgan fingerprint density at radius 1 is 0.903 bits per heavy atom. The molecule has 0 aromatic heterocycles. The number of nitrogens with two attached hydrogens (primary N) is 1. The van der Waals surface area contributed by atoms with Gasteiger partial charge in [-0.05, 0) is 32.0 Å². The molecule has 1 aromatic carbocycles. The van der Waals surface area contributed by atoms with E-state index < -0.39 is 0 Å². The average molecular weight is 435 g/mol. The van der Waals surface area contributed by atoms with Crippen molar-refractivity contribution in [1.29, 1.82) is 0 Å². The molecule has 0 radical (unpaired) electrons. The summed E-state index contributed by atoms with van der Waals surface area (Å²) < 4.78 is 0. The summed E-state index contributed by atoms with van der Waals surface area (Å²) in [5, 5.41) is 13.3. The summed E-state index contributed by atoms with van der Waals surface area (Å²) in [6.45, 7) is 8.68. The molecule has 176 valence electrons. The van der Waals surface area contributed by atoms with E-state index >= 15 is 0 Å². The minimum atomic E-state index is -0.319. The molecule has 7 heteroatoms. The van der Waals surface area contributed by atoms with E-state index in [1.807, 2.05) is 5.53 Å². The van der Waals surface area contributed by atoms with E-state index in [0.29, 0.717) is 0 Å². The van der Waals surface area contributed by atoms with Gasteiger partial charge in [0, 0.05) is 18.7 Å². The second-order valence-electron chi connectivity index (χ2n) is 8.80. The Balaban J connectivity index is 1.81. The Hall–Kier alpha value is -1.86. The number of nitrogens with zero attached hydrogens (tertiary/aromatic N) is 3. The van der Waals surface area contributed by atoms with Crippen molar-refractivity contribution in [3.63, 3.8) is 0 Å². The molecule has 1 aromatic rings. The highest BCUT2D eigenvalue weighted by molar-refractivity contribution is 5.72. The third-order valence-corrected chi connectivity index (χ3v) is 6.19. The lowest BCUT2D eigenvalue weighted by atomic mass is 10.1. The molecule has 0 atom stereocenters. The molecule has 1 heterocycles. The Bertz CT molecular complexity index is 624. The molecule has 0 saturated heterocycles. The molecule has 0 fully saturated rings. The van der Waals surface area contributed by atoms with Crippen LogP contribution in [0.3, 0.4) is 0 Å². The Labute approximate surface area is 188 Å². The van der Waals surface area contributed by atoms with Crippen molar-refractivity contribution in [2.45, 2.75) is 90.9 Å². The van der Waals surface area contributed by atoms with Crippen LogP contribution in [0.1, 0.15) is 90.9 Å². The summed E-state index contributed by atoms with van der Waals surface area (Å²) >= 11 is 0. The zero-order valence-corrected chi connectivity index (χ0v) is 19.8. The highest BCUT2D eigenvalue weighted by atomic mass is 16.6. The number of nitrogens with one attached hydrogen (secondary N) is 1. The van der Waals surface area contributed by atoms with Gasteiger partial charge in [0.1, 0.15) is 11.4 Å². The minimum absolute atomic E-state index is 0.150. The second-order valence-corrected chi connectivity index (χ2v) is 8.80. The fraction of sp³-hybridized carbons (Fsp3) is 0.750. The predicted octanol–water partition coefficient (Wildman–Crippen LogP) is 5.24. The van der Waals surface area contributed by atoms with Gasteiger partial charge in [-0.1, -0.05) is 78.1 Å². The van der Waals surface area contributed by atoms with Crippen LogP contribution in [0.25, 0.3) is 0 Å². The van der Waals surface area contributed by atoms with Crippen LogP contribution in [-0.4, -0.2) is 36.0 Å². The summed E-state index contributed by atoms with van der Waals surface area (Å²) in [7, 11) is 0. The number of benzene rings is 1. The molecule has 2 rings (SSSR count). The topological polar surface area (TPSA) is 78.3 Å². The first-order valence-electron chi connectivity index (χ1n) is 12.5. The van der Waals surface area contributed by atoms with E-state index in [-0.39, 0.29) is 10.6 Å². The number of non-ortho nitro benzene ring substituents is 1. The van der Waals surface area contributed by atoms with Crippen LogP contribution in [0.4, 0.5) is 17.1 Å². The van der Waals surface area contributed by atoms with E-state index in [9.17, 15) is 10.1 Å². The van der Waals surface area contributed by atoms with Gasteiger partial charge >= 0.3 is 0 Å². The Kier molecular flexibility index (Phi) is 12.3. The fourth-order valence-corrected chi connectivity index (χ4v) is 4.21. The number of nitrogen functional groups attached to an aromatic ring is 1. The van der Waals surface area contributed by atoms with Gasteiger partial charge in [-0.25, -0.2) is 5.43 Å². The van der Waals surface area contributed by atoms with E-state index in [2.05, 4.69) is 29.2 Å². The van der Waals surface area contributed by atoms with Crippen molar-refractivity contribution in [2.75, 3.05) is 36.6 Å². The fourth-order valence-electron chi connectivity index (χ4n) is 4.21. The Morgan fingerprint density at radius 3 is 2.06 bits per heavy atom. The largest absolute Gasteiger partial charge is 0.301 e. The monoisotopic (exact) mass is 434 g/mol. The summed E-state index contributed by atoms with van der Waals surface area (Å²) in [4.78, 5) is 13.4. The number of rotatable bonds is 18. The molecule has 7 nitrogen and oxygen atoms in total. The third kappa shape index (κ3) is 9.44. The van der Waals surface area contributed by atoms with Crippen molar-refractivity contribution >= 4 is 17.1 Å². The van der Waals surface area contributed by atoms with Gasteiger partial charge in [-0.2, -0.15) is 5.01 Å². The SMILES string of the molecule is CCCCCCCCN(CCCCCCCC)CCN1[NH2+]Nc2ccc([N+](=O)[O-])cc21. The number of nitro benzene ring substituents is 1. The number of fused-ring (bicyclic) bond motifs is 1. The zero-order valence-electron chi connectivity index (χ0n) is 19.8. The highest BCUT2D eigenvalue weighted by Crippen LogP contribution is 2.30. The molecule has 0 unspecified atom stereocenters. The van der Waals surface area contributed by atoms with Crippen LogP contribution in [0, 0.1) is 10.1 Å². The summed E-state index contributed by atoms with van der Waals surface area (Å²) in [6.07, 6.45) is 15.9. The van der Waals surface area contributed by atoms with Crippen molar-refractivity contribution < 1.29 is 10.5 Å². The first kappa shape index (κ1) is 25.4. The molecule has 3 N–H and O–H groups in total. The van der Waals surface area contributed by atoms with Gasteiger partial charge in [0.05, 0.1) is 11.5 Å². The van der Waals surface area contributed by atoms with Crippen LogP contribution in [0.15, 0.2) is 18.2 Å². The van der Waals surface area contributed by atoms with Crippen LogP contribution in [0.2, 0.25) is 0 Å². The molecule has 1 aliphatic rings. The van der Waals surface area contributed by atoms with E-state index in [4.69, 9.17) is 0 Å². The van der Waals surface area contributed by atoms with Gasteiger partial charge in [-0.15, -0.1) is 5.53 Å². The molecule has 0 saturated carbocycles. The third-order valence-electron chi connectivity index (χ3n) is 6.19. The van der Waals surface area contributed by atoms with Gasteiger partial charge < -0.3 is 4.90 Å². The lowest BCUT2D eigenvalue weighted by molar-refractivity contribution is -0.631. The van der Waals surface area contributed by atoms with E-state index in [0.717, 1.165) is 37.6 Å². The number of anilines is 2. The molecule has 0 amide bonds. The maximum atomic E-state index is 11.1. The van der Waals surface area contributed by atoms with Crippen LogP contribution in [0.5, 0.6) is 0 Å². The van der Waals surface area contributed by atoms with Crippen LogP contribution in [-0.2, 0) is 0 Å². The van der Waals surface area contributed by atoms with Crippen LogP contribution < -0.4 is 16.0 Å². The minimum Gasteiger partial charge on any atom is -0.301 e. The second kappa shape index (κ2) is 15.0. The van der Waals surface area contributed by atoms with Crippen molar-refractivity contribution in [1.82, 2.24) is 4.90 Å². The van der Waals surface area contributed by atoms with Crippen molar-refractivity contribution in [2.24, 2.45) is 0 Å². The molecule has 0 bridgehead atoms. The lowest BCUT2D eigenvalue weighted by Crippen LogP contribution is -2.96. The van der Waals surface area contributed by atoms with Crippen molar-refractivity contribution in [3.05, 3.63) is 28.3 Å². The van der Waals surface area contributed by atoms with Crippen LogP contribution >= 0.6 is 0 Å². The molecule has 0 aliphatic carbocycles. The van der Waals surface area contributed by atoms with Gasteiger partial charge in [0.2, 0.25) is 0 Å². The number of nitro groups is 1. The number of hydrogen-bond donors (Lipinski definition) is 2. The summed E-state index contributed by atoms with van der Waals surface area (Å²) in [5.74, 6) is 0. The lowest BCUT2D eigenvalue weighted by Gasteiger charge is -2.24. The van der Waals surface area contributed by atoms with E-state index in [1.165, 1.54) is 77.0 Å². The molecule has 31 heavy (non-hydrogen) atoms. The summed E-state index contributed by atoms with van der Waals surface area (Å²) in [6, 6.07) is 5.04. The van der Waals surface area contributed by atoms with Gasteiger partial charge in [-0.3, -0.25) is 10.1 Å². The number of hydrogen-bond acceptors (Lipinski definition) is 5. The van der Waals surface area contributed by atoms with E-state index in [1.54, 1.807) is 18.2 Å². The maximum absolute atomic E-state index is 11.1. The molecular formula is C24H44N5O2+. The highest BCUT2D eigenvalue weighted by Gasteiger charge is 2.25. The molecular weight excluding hydrogens is 390 g/mol. The van der Waals surface area contributed by atoms with Gasteiger partial charge in [0.15, 0.2) is 0 Å². The smallest absolute Gasteiger partial charge is 0.271 e. The first-order valence-corrected chi connectivity index (χ1v) is 12.5. The van der Waals surface area contributed by atoms with Gasteiger partial charge in [0.25, 0.3) is 5.69 Å². The number of unbranched alkanes of at least 4 members (excludes halogenated alkanes) is 10. The summed E-state index contributed by atoms with van der Waals surface area (Å²) in [5.41, 5.74) is 7.20. The average Bonchev–Trinajstić information content (AvgIpc) is 3.18. The molecule has 0 spiro atoms. The zero-order chi connectivity index (χ0) is 22.3. The van der Waals surface area contributed by atoms with Crippen molar-refractivity contribution in [3.8, 4) is 0 Å². The quantitative estimate of drug-likeness (QED) is 0.143. The predicted molar refractivity (Wildman–Crippen MR) is 129 cm³/mol. The molecule has 1 aliphatic heterocycles. The Morgan fingerprint density at radius 2 is 1.48 bits per heavy atom.